The zero-order chi connectivity index (χ0) is 27.9. The van der Waals surface area contributed by atoms with Gasteiger partial charge in [0.15, 0.2) is 0 Å². The topological polar surface area (TPSA) is 87.2 Å². The molecule has 5 aromatic rings. The monoisotopic (exact) mass is 559 g/mol. The van der Waals surface area contributed by atoms with E-state index in [4.69, 9.17) is 14.5 Å². The lowest BCUT2D eigenvalue weighted by Crippen LogP contribution is -2.27. The predicted molar refractivity (Wildman–Crippen MR) is 159 cm³/mol. The number of hydrogen-bond acceptors (Lipinski definition) is 7. The molecule has 0 saturated carbocycles. The summed E-state index contributed by atoms with van der Waals surface area (Å²) in [6, 6.07) is 15.5. The average Bonchev–Trinajstić information content (AvgIpc) is 3.63. The minimum absolute atomic E-state index is 0.125. The molecule has 1 N–H and O–H groups in total. The van der Waals surface area contributed by atoms with Gasteiger partial charge >= 0.3 is 0 Å². The Morgan fingerprint density at radius 3 is 2.62 bits per heavy atom. The van der Waals surface area contributed by atoms with Crippen LogP contribution < -0.4 is 0 Å². The summed E-state index contributed by atoms with van der Waals surface area (Å²) >= 11 is 1.76. The van der Waals surface area contributed by atoms with E-state index in [-0.39, 0.29) is 12.6 Å². The van der Waals surface area contributed by atoms with Gasteiger partial charge in [0.25, 0.3) is 0 Å². The van der Waals surface area contributed by atoms with Crippen LogP contribution in [0.5, 0.6) is 0 Å². The van der Waals surface area contributed by atoms with E-state index in [2.05, 4.69) is 71.2 Å². The molecule has 1 aliphatic heterocycles. The molecule has 0 amide bonds. The van der Waals surface area contributed by atoms with Crippen molar-refractivity contribution in [3.63, 3.8) is 0 Å². The fourth-order valence-electron chi connectivity index (χ4n) is 6.03. The number of pyridine rings is 1. The number of thiophene rings is 1. The second-order valence-corrected chi connectivity index (χ2v) is 12.2. The Bertz CT molecular complexity index is 1600. The summed E-state index contributed by atoms with van der Waals surface area (Å²) in [4.78, 5) is 6.24. The first kappa shape index (κ1) is 27.1. The molecular weight excluding hydrogens is 522 g/mol. The van der Waals surface area contributed by atoms with Crippen LogP contribution >= 0.6 is 11.3 Å². The summed E-state index contributed by atoms with van der Waals surface area (Å²) in [6.07, 6.45) is 4.58. The van der Waals surface area contributed by atoms with Crippen molar-refractivity contribution in [3.8, 4) is 11.3 Å². The van der Waals surface area contributed by atoms with Crippen molar-refractivity contribution in [2.24, 2.45) is 13.0 Å². The van der Waals surface area contributed by atoms with E-state index in [9.17, 15) is 5.11 Å². The molecule has 1 aromatic carbocycles. The van der Waals surface area contributed by atoms with Crippen molar-refractivity contribution in [3.05, 3.63) is 64.8 Å². The Hall–Kier alpha value is -3.11. The van der Waals surface area contributed by atoms with E-state index in [1.807, 2.05) is 24.9 Å². The molecule has 1 unspecified atom stereocenters. The molecule has 0 spiro atoms. The minimum atomic E-state index is -0.478. The Morgan fingerprint density at radius 1 is 1.15 bits per heavy atom. The van der Waals surface area contributed by atoms with Crippen molar-refractivity contribution in [1.29, 1.82) is 0 Å². The molecular formula is C31H37N5O3S. The fourth-order valence-corrected chi connectivity index (χ4v) is 7.24. The number of aromatic nitrogens is 5. The molecule has 8 nitrogen and oxygen atoms in total. The van der Waals surface area contributed by atoms with E-state index in [0.29, 0.717) is 18.9 Å². The van der Waals surface area contributed by atoms with Gasteiger partial charge in [0, 0.05) is 50.1 Å². The van der Waals surface area contributed by atoms with Crippen LogP contribution in [-0.2, 0) is 22.1 Å². The molecule has 1 atom stereocenters. The Labute approximate surface area is 238 Å². The predicted octanol–water partition coefficient (Wildman–Crippen LogP) is 6.01. The largest absolute Gasteiger partial charge is 0.396 e. The number of benzene rings is 1. The SMILES string of the molecule is Cc1nnn(C)c1-c1cnc2c3sc(C(C)(C)OCCCO)cc3n(C(c3ccccc3)C3CCOCC3)c2c1. The van der Waals surface area contributed by atoms with Gasteiger partial charge in [0.1, 0.15) is 5.52 Å². The average molecular weight is 560 g/mol. The van der Waals surface area contributed by atoms with Crippen molar-refractivity contribution in [1.82, 2.24) is 24.5 Å². The first-order valence-electron chi connectivity index (χ1n) is 14.1. The van der Waals surface area contributed by atoms with Gasteiger partial charge in [-0.05, 0) is 63.6 Å². The number of nitrogens with zero attached hydrogens (tertiary/aromatic N) is 5. The highest BCUT2D eigenvalue weighted by molar-refractivity contribution is 7.20. The van der Waals surface area contributed by atoms with Crippen LogP contribution in [0.1, 0.15) is 55.3 Å². The highest BCUT2D eigenvalue weighted by Crippen LogP contribution is 2.45. The first-order valence-corrected chi connectivity index (χ1v) is 14.9. The van der Waals surface area contributed by atoms with E-state index in [1.165, 1.54) is 15.8 Å². The number of aryl methyl sites for hydroxylation is 2. The Morgan fingerprint density at radius 2 is 1.93 bits per heavy atom. The van der Waals surface area contributed by atoms with Crippen molar-refractivity contribution in [2.45, 2.75) is 51.7 Å². The molecule has 0 aliphatic carbocycles. The van der Waals surface area contributed by atoms with Gasteiger partial charge in [0.2, 0.25) is 0 Å². The summed E-state index contributed by atoms with van der Waals surface area (Å²) < 4.78 is 17.6. The van der Waals surface area contributed by atoms with E-state index in [0.717, 1.165) is 58.9 Å². The van der Waals surface area contributed by atoms with Crippen LogP contribution in [0.15, 0.2) is 48.7 Å². The van der Waals surface area contributed by atoms with Gasteiger partial charge in [-0.3, -0.25) is 4.98 Å². The number of hydrogen-bond donors (Lipinski definition) is 1. The van der Waals surface area contributed by atoms with Gasteiger partial charge in [-0.1, -0.05) is 35.5 Å². The summed E-state index contributed by atoms with van der Waals surface area (Å²) in [5.74, 6) is 0.427. The quantitative estimate of drug-likeness (QED) is 0.223. The van der Waals surface area contributed by atoms with Crippen molar-refractivity contribution < 1.29 is 14.6 Å². The van der Waals surface area contributed by atoms with Crippen LogP contribution in [-0.4, -0.2) is 56.1 Å². The van der Waals surface area contributed by atoms with Crippen LogP contribution in [0.3, 0.4) is 0 Å². The lowest BCUT2D eigenvalue weighted by atomic mass is 9.86. The molecule has 0 bridgehead atoms. The molecule has 1 aliphatic rings. The lowest BCUT2D eigenvalue weighted by Gasteiger charge is -2.33. The molecule has 4 aromatic heterocycles. The summed E-state index contributed by atoms with van der Waals surface area (Å²) in [6.45, 7) is 8.41. The van der Waals surface area contributed by atoms with Gasteiger partial charge < -0.3 is 19.1 Å². The third-order valence-corrected chi connectivity index (χ3v) is 9.51. The van der Waals surface area contributed by atoms with Crippen LogP contribution in [0.25, 0.3) is 32.5 Å². The van der Waals surface area contributed by atoms with Gasteiger partial charge in [-0.2, -0.15) is 0 Å². The van der Waals surface area contributed by atoms with E-state index in [1.54, 1.807) is 11.3 Å². The number of fused-ring (bicyclic) bond motifs is 3. The van der Waals surface area contributed by atoms with E-state index >= 15 is 0 Å². The maximum atomic E-state index is 9.28. The normalized spacial score (nSPS) is 15.8. The van der Waals surface area contributed by atoms with Crippen LogP contribution in [0.2, 0.25) is 0 Å². The molecule has 210 valence electrons. The second-order valence-electron chi connectivity index (χ2n) is 11.2. The second kappa shape index (κ2) is 11.0. The number of ether oxygens (including phenoxy) is 2. The molecule has 1 fully saturated rings. The van der Waals surface area contributed by atoms with Crippen LogP contribution in [0.4, 0.5) is 0 Å². The lowest BCUT2D eigenvalue weighted by molar-refractivity contribution is -0.0242. The molecule has 9 heteroatoms. The summed E-state index contributed by atoms with van der Waals surface area (Å²) in [5.41, 5.74) is 6.99. The standard InChI is InChI=1S/C31H37N5O3S/c1-20-28(35(4)34-33-20)23-17-24-27(32-19-23)30-25(18-26(40-30)31(2,3)39-14-8-13-37)36(24)29(21-9-6-5-7-10-21)22-11-15-38-16-12-22/h5-7,9-10,17-19,22,29,37H,8,11-16H2,1-4H3. The number of aliphatic hydroxyl groups is 1. The zero-order valence-electron chi connectivity index (χ0n) is 23.6. The van der Waals surface area contributed by atoms with Crippen molar-refractivity contribution >= 4 is 32.6 Å². The third kappa shape index (κ3) is 4.85. The summed E-state index contributed by atoms with van der Waals surface area (Å²) in [7, 11) is 1.93. The Kier molecular flexibility index (Phi) is 7.48. The van der Waals surface area contributed by atoms with Crippen molar-refractivity contribution in [2.75, 3.05) is 26.4 Å². The fraction of sp³-hybridized carbons (Fsp3) is 0.452. The van der Waals surface area contributed by atoms with Gasteiger partial charge in [-0.25, -0.2) is 4.68 Å². The number of aliphatic hydroxyl groups excluding tert-OH is 1. The first-order chi connectivity index (χ1) is 19.4. The molecule has 40 heavy (non-hydrogen) atoms. The highest BCUT2D eigenvalue weighted by atomic mass is 32.1. The zero-order valence-corrected chi connectivity index (χ0v) is 24.4. The van der Waals surface area contributed by atoms with E-state index < -0.39 is 5.60 Å². The van der Waals surface area contributed by atoms with Crippen LogP contribution in [0, 0.1) is 12.8 Å². The summed E-state index contributed by atoms with van der Waals surface area (Å²) in [5, 5.41) is 17.8. The maximum Gasteiger partial charge on any atom is 0.106 e. The molecule has 6 rings (SSSR count). The Balaban J connectivity index is 1.60. The smallest absolute Gasteiger partial charge is 0.106 e. The third-order valence-electron chi connectivity index (χ3n) is 8.07. The minimum Gasteiger partial charge on any atom is -0.396 e. The van der Waals surface area contributed by atoms with Gasteiger partial charge in [-0.15, -0.1) is 16.4 Å². The van der Waals surface area contributed by atoms with Gasteiger partial charge in [0.05, 0.1) is 38.8 Å². The molecule has 1 saturated heterocycles. The number of rotatable bonds is 9. The highest BCUT2D eigenvalue weighted by Gasteiger charge is 2.33. The molecule has 0 radical (unpaired) electrons. The molecule has 5 heterocycles. The maximum absolute atomic E-state index is 9.28.